The number of hydrogen-bond acceptors (Lipinski definition) is 3. The fourth-order valence-electron chi connectivity index (χ4n) is 4.72. The van der Waals surface area contributed by atoms with Crippen LogP contribution in [0.15, 0.2) is 59.4 Å². The summed E-state index contributed by atoms with van der Waals surface area (Å²) in [7, 11) is 0. The molecular weight excluding hydrogens is 486 g/mol. The molecule has 0 aliphatic heterocycles. The molecule has 0 bridgehead atoms. The molecule has 1 N–H and O–H groups in total. The van der Waals surface area contributed by atoms with Crippen molar-refractivity contribution < 1.29 is 9.59 Å². The molecule has 0 aliphatic rings. The van der Waals surface area contributed by atoms with Gasteiger partial charge in [0.05, 0.1) is 17.9 Å². The molecule has 0 radical (unpaired) electrons. The Kier molecular flexibility index (Phi) is 9.55. The van der Waals surface area contributed by atoms with E-state index in [1.54, 1.807) is 29.2 Å². The van der Waals surface area contributed by atoms with E-state index in [9.17, 15) is 14.4 Å². The molecule has 0 aliphatic carbocycles. The van der Waals surface area contributed by atoms with Crippen LogP contribution in [-0.4, -0.2) is 39.5 Å². The quantitative estimate of drug-likeness (QED) is 0.282. The Hall–Kier alpha value is -3.12. The van der Waals surface area contributed by atoms with E-state index in [0.717, 1.165) is 24.8 Å². The third kappa shape index (κ3) is 7.68. The molecule has 1 unspecified atom stereocenters. The maximum atomic E-state index is 13.7. The highest BCUT2D eigenvalue weighted by atomic mass is 35.5. The maximum absolute atomic E-state index is 13.7. The predicted molar refractivity (Wildman–Crippen MR) is 151 cm³/mol. The van der Waals surface area contributed by atoms with Crippen LogP contribution in [0.3, 0.4) is 0 Å². The van der Waals surface area contributed by atoms with Crippen LogP contribution in [0.2, 0.25) is 5.02 Å². The number of benzene rings is 2. The minimum Gasteiger partial charge on any atom is -0.335 e. The van der Waals surface area contributed by atoms with Crippen molar-refractivity contribution in [3.05, 3.63) is 75.5 Å². The first-order chi connectivity index (χ1) is 17.5. The molecular formula is C30H38ClN3O3. The molecule has 0 saturated carbocycles. The maximum Gasteiger partial charge on any atom is 0.282 e. The van der Waals surface area contributed by atoms with Gasteiger partial charge in [-0.2, -0.15) is 0 Å². The highest BCUT2D eigenvalue weighted by Gasteiger charge is 2.27. The molecule has 0 fully saturated rings. The van der Waals surface area contributed by atoms with E-state index in [1.165, 1.54) is 4.68 Å². The molecule has 1 heterocycles. The minimum atomic E-state index is -0.449. The van der Waals surface area contributed by atoms with Gasteiger partial charge in [-0.3, -0.25) is 19.5 Å². The smallest absolute Gasteiger partial charge is 0.282 e. The Bertz CT molecular complexity index is 1250. The van der Waals surface area contributed by atoms with Gasteiger partial charge in [-0.05, 0) is 48.4 Å². The van der Waals surface area contributed by atoms with Crippen molar-refractivity contribution in [3.8, 4) is 16.9 Å². The standard InChI is InChI=1S/C30H38ClN3O3/c1-6-7-17-33(26(36)18-21(2)19-30(3,4)5)20-25(35)27-28(22-11-9-8-10-12-22)32-34(29(27)37)24-15-13-23(31)14-16-24/h8-16,21,32H,6-7,17-20H2,1-5H3. The van der Waals surface area contributed by atoms with Gasteiger partial charge >= 0.3 is 0 Å². The molecule has 37 heavy (non-hydrogen) atoms. The summed E-state index contributed by atoms with van der Waals surface area (Å²) < 4.78 is 1.36. The van der Waals surface area contributed by atoms with Crippen LogP contribution in [0.25, 0.3) is 16.9 Å². The van der Waals surface area contributed by atoms with E-state index in [4.69, 9.17) is 11.6 Å². The Labute approximate surface area is 224 Å². The summed E-state index contributed by atoms with van der Waals surface area (Å²) >= 11 is 6.03. The first kappa shape index (κ1) is 28.5. The number of aromatic amines is 1. The van der Waals surface area contributed by atoms with E-state index in [-0.39, 0.29) is 35.1 Å². The van der Waals surface area contributed by atoms with Crippen LogP contribution in [0.1, 0.15) is 70.7 Å². The van der Waals surface area contributed by atoms with Gasteiger partial charge in [0.2, 0.25) is 5.91 Å². The van der Waals surface area contributed by atoms with E-state index < -0.39 is 5.56 Å². The summed E-state index contributed by atoms with van der Waals surface area (Å²) in [4.78, 5) is 42.2. The third-order valence-corrected chi connectivity index (χ3v) is 6.52. The van der Waals surface area contributed by atoms with E-state index in [1.807, 2.05) is 30.3 Å². The Balaban J connectivity index is 1.96. The van der Waals surface area contributed by atoms with Crippen LogP contribution in [0.4, 0.5) is 0 Å². The molecule has 7 heteroatoms. The molecule has 1 amide bonds. The number of amides is 1. The van der Waals surface area contributed by atoms with Crippen LogP contribution in [0.5, 0.6) is 0 Å². The Morgan fingerprint density at radius 3 is 2.30 bits per heavy atom. The highest BCUT2D eigenvalue weighted by Crippen LogP contribution is 2.27. The van der Waals surface area contributed by atoms with Crippen LogP contribution < -0.4 is 5.56 Å². The van der Waals surface area contributed by atoms with E-state index >= 15 is 0 Å². The Morgan fingerprint density at radius 2 is 1.70 bits per heavy atom. The average Bonchev–Trinajstić information content (AvgIpc) is 3.18. The number of carbonyl (C=O) groups excluding carboxylic acids is 2. The number of unbranched alkanes of at least 4 members (excludes halogenated alkanes) is 1. The summed E-state index contributed by atoms with van der Waals surface area (Å²) in [5.74, 6) is -0.227. The third-order valence-electron chi connectivity index (χ3n) is 6.27. The number of H-pyrrole nitrogens is 1. The van der Waals surface area contributed by atoms with Crippen molar-refractivity contribution in [2.24, 2.45) is 11.3 Å². The number of aromatic nitrogens is 2. The zero-order chi connectivity index (χ0) is 27.2. The van der Waals surface area contributed by atoms with Gasteiger partial charge in [-0.25, -0.2) is 4.68 Å². The lowest BCUT2D eigenvalue weighted by Gasteiger charge is -2.26. The first-order valence-electron chi connectivity index (χ1n) is 13.0. The van der Waals surface area contributed by atoms with Gasteiger partial charge in [0, 0.05) is 23.6 Å². The molecule has 198 valence electrons. The molecule has 6 nitrogen and oxygen atoms in total. The molecule has 1 aromatic heterocycles. The van der Waals surface area contributed by atoms with Crippen molar-refractivity contribution in [3.63, 3.8) is 0 Å². The largest absolute Gasteiger partial charge is 0.335 e. The number of Topliss-reactive ketones (excluding diaryl/α,β-unsaturated/α-hetero) is 1. The first-order valence-corrected chi connectivity index (χ1v) is 13.3. The molecule has 0 spiro atoms. The molecule has 2 aromatic carbocycles. The summed E-state index contributed by atoms with van der Waals surface area (Å²) in [5.41, 5.74) is 1.45. The fraction of sp³-hybridized carbons (Fsp3) is 0.433. The van der Waals surface area contributed by atoms with Crippen LogP contribution >= 0.6 is 11.6 Å². The molecule has 3 rings (SSSR count). The summed E-state index contributed by atoms with van der Waals surface area (Å²) in [6.07, 6.45) is 2.98. The lowest BCUT2D eigenvalue weighted by molar-refractivity contribution is -0.131. The second kappa shape index (κ2) is 12.4. The normalized spacial score (nSPS) is 12.4. The summed E-state index contributed by atoms with van der Waals surface area (Å²) in [5, 5.41) is 3.67. The SMILES string of the molecule is CCCCN(CC(=O)c1c(-c2ccccc2)[nH]n(-c2ccc(Cl)cc2)c1=O)C(=O)CC(C)CC(C)(C)C. The number of nitrogens with zero attached hydrogens (tertiary/aromatic N) is 2. The van der Waals surface area contributed by atoms with Gasteiger partial charge in [0.15, 0.2) is 5.78 Å². The van der Waals surface area contributed by atoms with E-state index in [0.29, 0.717) is 29.4 Å². The van der Waals surface area contributed by atoms with Crippen molar-refractivity contribution in [2.75, 3.05) is 13.1 Å². The molecule has 0 saturated heterocycles. The average molecular weight is 524 g/mol. The van der Waals surface area contributed by atoms with Crippen molar-refractivity contribution in [1.29, 1.82) is 0 Å². The molecule has 1 atom stereocenters. The van der Waals surface area contributed by atoms with Gasteiger partial charge in [-0.15, -0.1) is 0 Å². The molecule has 3 aromatic rings. The zero-order valence-corrected chi connectivity index (χ0v) is 23.3. The second-order valence-corrected chi connectivity index (χ2v) is 11.4. The Morgan fingerprint density at radius 1 is 1.05 bits per heavy atom. The van der Waals surface area contributed by atoms with Gasteiger partial charge in [-0.1, -0.05) is 83.0 Å². The van der Waals surface area contributed by atoms with Crippen LogP contribution in [-0.2, 0) is 4.79 Å². The fourth-order valence-corrected chi connectivity index (χ4v) is 4.85. The van der Waals surface area contributed by atoms with Crippen molar-refractivity contribution in [1.82, 2.24) is 14.7 Å². The second-order valence-electron chi connectivity index (χ2n) is 11.0. The van der Waals surface area contributed by atoms with E-state index in [2.05, 4.69) is 39.7 Å². The summed E-state index contributed by atoms with van der Waals surface area (Å²) in [6.45, 7) is 11.0. The zero-order valence-electron chi connectivity index (χ0n) is 22.5. The number of halogens is 1. The van der Waals surface area contributed by atoms with Crippen molar-refractivity contribution >= 4 is 23.3 Å². The number of ketones is 1. The summed E-state index contributed by atoms with van der Waals surface area (Å²) in [6, 6.07) is 16.1. The minimum absolute atomic E-state index is 0.0478. The lowest BCUT2D eigenvalue weighted by Crippen LogP contribution is -2.38. The number of rotatable bonds is 11. The number of hydrogen-bond donors (Lipinski definition) is 1. The van der Waals surface area contributed by atoms with Crippen LogP contribution in [0, 0.1) is 11.3 Å². The number of nitrogens with one attached hydrogen (secondary N) is 1. The lowest BCUT2D eigenvalue weighted by atomic mass is 9.84. The topological polar surface area (TPSA) is 75.2 Å². The monoisotopic (exact) mass is 523 g/mol. The highest BCUT2D eigenvalue weighted by molar-refractivity contribution is 6.30. The van der Waals surface area contributed by atoms with Gasteiger partial charge in [0.1, 0.15) is 5.56 Å². The van der Waals surface area contributed by atoms with Gasteiger partial charge in [0.25, 0.3) is 5.56 Å². The van der Waals surface area contributed by atoms with Crippen molar-refractivity contribution in [2.45, 2.75) is 60.3 Å². The predicted octanol–water partition coefficient (Wildman–Crippen LogP) is 6.76. The number of carbonyl (C=O) groups is 2. The van der Waals surface area contributed by atoms with Gasteiger partial charge < -0.3 is 4.90 Å².